The summed E-state index contributed by atoms with van der Waals surface area (Å²) in [6.45, 7) is 2.21. The first-order chi connectivity index (χ1) is 17.4. The fourth-order valence-electron chi connectivity index (χ4n) is 3.27. The minimum Gasteiger partial charge on any atom is -0.490 e. The summed E-state index contributed by atoms with van der Waals surface area (Å²) in [5.41, 5.74) is 3.58. The number of hydrogen-bond acceptors (Lipinski definition) is 7. The number of fused-ring (bicyclic) bond motifs is 1. The number of carbonyl (C=O) groups is 1. The predicted octanol–water partition coefficient (Wildman–Crippen LogP) is 5.98. The van der Waals surface area contributed by atoms with Gasteiger partial charge in [-0.2, -0.15) is 5.10 Å². The van der Waals surface area contributed by atoms with Crippen molar-refractivity contribution in [2.75, 3.05) is 6.61 Å². The Morgan fingerprint density at radius 2 is 1.94 bits per heavy atom. The Balaban J connectivity index is 1.47. The molecule has 0 unspecified atom stereocenters. The number of hydrazone groups is 1. The molecule has 0 saturated heterocycles. The van der Waals surface area contributed by atoms with Gasteiger partial charge in [0, 0.05) is 33.1 Å². The van der Waals surface area contributed by atoms with Crippen LogP contribution in [0.25, 0.3) is 11.0 Å². The van der Waals surface area contributed by atoms with Crippen molar-refractivity contribution in [3.8, 4) is 11.5 Å². The van der Waals surface area contributed by atoms with E-state index in [9.17, 15) is 19.3 Å². The second-order valence-corrected chi connectivity index (χ2v) is 8.28. The Labute approximate surface area is 212 Å². The van der Waals surface area contributed by atoms with E-state index < -0.39 is 10.8 Å². The van der Waals surface area contributed by atoms with E-state index in [4.69, 9.17) is 13.9 Å². The number of ether oxygens (including phenoxy) is 2. The van der Waals surface area contributed by atoms with E-state index in [1.54, 1.807) is 30.3 Å². The minimum atomic E-state index is -0.629. The monoisotopic (exact) mass is 555 g/mol. The first kappa shape index (κ1) is 24.9. The van der Waals surface area contributed by atoms with Crippen LogP contribution in [-0.2, 0) is 6.61 Å². The summed E-state index contributed by atoms with van der Waals surface area (Å²) < 4.78 is 31.4. The van der Waals surface area contributed by atoms with Crippen LogP contribution in [0.4, 0.5) is 10.1 Å². The van der Waals surface area contributed by atoms with Crippen LogP contribution in [0.2, 0.25) is 0 Å². The molecule has 9 nitrogen and oxygen atoms in total. The molecule has 3 aromatic carbocycles. The number of benzene rings is 3. The van der Waals surface area contributed by atoms with Gasteiger partial charge in [0.25, 0.3) is 5.69 Å². The van der Waals surface area contributed by atoms with Gasteiger partial charge in [0.1, 0.15) is 18.0 Å². The molecule has 0 radical (unpaired) electrons. The highest BCUT2D eigenvalue weighted by Crippen LogP contribution is 2.34. The lowest BCUT2D eigenvalue weighted by Gasteiger charge is -2.14. The number of furan rings is 1. The van der Waals surface area contributed by atoms with Gasteiger partial charge < -0.3 is 13.9 Å². The first-order valence-electron chi connectivity index (χ1n) is 10.7. The highest BCUT2D eigenvalue weighted by atomic mass is 79.9. The van der Waals surface area contributed by atoms with Gasteiger partial charge in [-0.25, -0.2) is 9.82 Å². The van der Waals surface area contributed by atoms with Crippen molar-refractivity contribution in [3.05, 3.63) is 98.0 Å². The Kier molecular flexibility index (Phi) is 7.59. The first-order valence-corrected chi connectivity index (χ1v) is 11.5. The number of nitrogens with one attached hydrogen (secondary N) is 1. The van der Waals surface area contributed by atoms with Gasteiger partial charge in [0.2, 0.25) is 0 Å². The summed E-state index contributed by atoms with van der Waals surface area (Å²) in [5, 5.41) is 15.3. The molecule has 11 heteroatoms. The number of rotatable bonds is 9. The standard InChI is InChI=1S/C25H19BrFN3O6/c1-2-34-22-11-17(19(26)12-23(22)35-14-15-5-3-4-6-20(15)27)13-28-29-25(31)24-10-16-9-18(30(32)33)7-8-21(16)36-24/h3-13H,2,14H2,1H3,(H,29,31)/b28-13-. The second kappa shape index (κ2) is 11.0. The minimum absolute atomic E-state index is 0.0172. The number of nitro benzene ring substituents is 1. The number of non-ortho nitro benzene ring substituents is 1. The Hall–Kier alpha value is -4.25. The van der Waals surface area contributed by atoms with E-state index in [2.05, 4.69) is 26.5 Å². The third kappa shape index (κ3) is 5.69. The molecule has 0 bridgehead atoms. The third-order valence-electron chi connectivity index (χ3n) is 5.01. The van der Waals surface area contributed by atoms with E-state index in [1.165, 1.54) is 36.5 Å². The molecule has 4 aromatic rings. The van der Waals surface area contributed by atoms with Crippen molar-refractivity contribution in [1.29, 1.82) is 0 Å². The van der Waals surface area contributed by atoms with E-state index in [0.717, 1.165) is 0 Å². The zero-order chi connectivity index (χ0) is 25.7. The van der Waals surface area contributed by atoms with Crippen LogP contribution in [0, 0.1) is 15.9 Å². The van der Waals surface area contributed by atoms with Crippen LogP contribution < -0.4 is 14.9 Å². The van der Waals surface area contributed by atoms with Crippen molar-refractivity contribution in [1.82, 2.24) is 5.43 Å². The van der Waals surface area contributed by atoms with E-state index in [0.29, 0.717) is 44.7 Å². The Morgan fingerprint density at radius 1 is 1.17 bits per heavy atom. The lowest BCUT2D eigenvalue weighted by molar-refractivity contribution is -0.384. The maximum Gasteiger partial charge on any atom is 0.307 e. The third-order valence-corrected chi connectivity index (χ3v) is 5.69. The number of hydrogen-bond donors (Lipinski definition) is 1. The molecule has 4 rings (SSSR count). The van der Waals surface area contributed by atoms with Crippen LogP contribution in [0.1, 0.15) is 28.6 Å². The fraction of sp³-hybridized carbons (Fsp3) is 0.120. The molecule has 0 aliphatic heterocycles. The SMILES string of the molecule is CCOc1cc(/C=N\NC(=O)c2cc3cc([N+](=O)[O-])ccc3o2)c(Br)cc1OCc1ccccc1F. The van der Waals surface area contributed by atoms with Gasteiger partial charge in [0.15, 0.2) is 17.3 Å². The molecule has 0 saturated carbocycles. The molecule has 0 aliphatic rings. The molecule has 1 N–H and O–H groups in total. The molecule has 1 aromatic heterocycles. The molecular weight excluding hydrogens is 537 g/mol. The summed E-state index contributed by atoms with van der Waals surface area (Å²) >= 11 is 3.44. The zero-order valence-corrected chi connectivity index (χ0v) is 20.5. The summed E-state index contributed by atoms with van der Waals surface area (Å²) in [4.78, 5) is 22.8. The molecule has 0 atom stereocenters. The van der Waals surface area contributed by atoms with Crippen molar-refractivity contribution in [2.24, 2.45) is 5.10 Å². The molecule has 184 valence electrons. The lowest BCUT2D eigenvalue weighted by atomic mass is 10.2. The molecular formula is C25H19BrFN3O6. The van der Waals surface area contributed by atoms with Gasteiger partial charge in [0.05, 0.1) is 17.7 Å². The molecule has 1 heterocycles. The Morgan fingerprint density at radius 3 is 2.69 bits per heavy atom. The van der Waals surface area contributed by atoms with Crippen LogP contribution >= 0.6 is 15.9 Å². The summed E-state index contributed by atoms with van der Waals surface area (Å²) in [7, 11) is 0. The average Bonchev–Trinajstić information content (AvgIpc) is 3.29. The predicted molar refractivity (Wildman–Crippen MR) is 134 cm³/mol. The van der Waals surface area contributed by atoms with Crippen LogP contribution in [0.5, 0.6) is 11.5 Å². The van der Waals surface area contributed by atoms with Crippen LogP contribution in [0.15, 0.2) is 74.7 Å². The summed E-state index contributed by atoms with van der Waals surface area (Å²) in [6, 6.07) is 15.1. The number of nitrogens with zero attached hydrogens (tertiary/aromatic N) is 2. The van der Waals surface area contributed by atoms with Gasteiger partial charge in [-0.05, 0) is 53.2 Å². The molecule has 0 fully saturated rings. The van der Waals surface area contributed by atoms with Gasteiger partial charge in [-0.3, -0.25) is 14.9 Å². The van der Waals surface area contributed by atoms with Gasteiger partial charge >= 0.3 is 5.91 Å². The largest absolute Gasteiger partial charge is 0.490 e. The molecule has 1 amide bonds. The number of carbonyl (C=O) groups excluding carboxylic acids is 1. The summed E-state index contributed by atoms with van der Waals surface area (Å²) in [5.74, 6) is -0.213. The van der Waals surface area contributed by atoms with Crippen molar-refractivity contribution >= 4 is 44.7 Å². The highest BCUT2D eigenvalue weighted by molar-refractivity contribution is 9.10. The number of amides is 1. The van der Waals surface area contributed by atoms with Crippen molar-refractivity contribution < 1.29 is 28.0 Å². The molecule has 0 spiro atoms. The maximum atomic E-state index is 13.9. The van der Waals surface area contributed by atoms with E-state index in [1.807, 2.05) is 6.92 Å². The smallest absolute Gasteiger partial charge is 0.307 e. The average molecular weight is 556 g/mol. The van der Waals surface area contributed by atoms with Crippen molar-refractivity contribution in [3.63, 3.8) is 0 Å². The summed E-state index contributed by atoms with van der Waals surface area (Å²) in [6.07, 6.45) is 1.40. The Bertz CT molecular complexity index is 1470. The highest BCUT2D eigenvalue weighted by Gasteiger charge is 2.15. The van der Waals surface area contributed by atoms with Crippen LogP contribution in [0.3, 0.4) is 0 Å². The van der Waals surface area contributed by atoms with E-state index >= 15 is 0 Å². The number of halogens is 2. The fourth-order valence-corrected chi connectivity index (χ4v) is 3.70. The molecule has 0 aliphatic carbocycles. The van der Waals surface area contributed by atoms with Gasteiger partial charge in [-0.15, -0.1) is 0 Å². The van der Waals surface area contributed by atoms with Crippen LogP contribution in [-0.4, -0.2) is 23.7 Å². The maximum absolute atomic E-state index is 13.9. The second-order valence-electron chi connectivity index (χ2n) is 7.42. The van der Waals surface area contributed by atoms with E-state index in [-0.39, 0.29) is 23.9 Å². The normalized spacial score (nSPS) is 11.1. The quantitative estimate of drug-likeness (QED) is 0.154. The lowest BCUT2D eigenvalue weighted by Crippen LogP contribution is -2.16. The van der Waals surface area contributed by atoms with Gasteiger partial charge in [-0.1, -0.05) is 18.2 Å². The van der Waals surface area contributed by atoms with Crippen molar-refractivity contribution in [2.45, 2.75) is 13.5 Å². The zero-order valence-electron chi connectivity index (χ0n) is 18.9. The number of nitro groups is 1. The molecule has 36 heavy (non-hydrogen) atoms. The topological polar surface area (TPSA) is 116 Å².